The van der Waals surface area contributed by atoms with Crippen LogP contribution in [0.25, 0.3) is 0 Å². The lowest BCUT2D eigenvalue weighted by molar-refractivity contribution is -0.149. The summed E-state index contributed by atoms with van der Waals surface area (Å²) in [6, 6.07) is 8.80. The van der Waals surface area contributed by atoms with Gasteiger partial charge in [0, 0.05) is 17.6 Å². The normalized spacial score (nSPS) is 26.6. The fourth-order valence-electron chi connectivity index (χ4n) is 5.99. The zero-order valence-electron chi connectivity index (χ0n) is 24.9. The lowest BCUT2D eigenvalue weighted by Gasteiger charge is -2.32. The number of ether oxygens (including phenoxy) is 4. The van der Waals surface area contributed by atoms with Gasteiger partial charge < -0.3 is 24.1 Å². The third-order valence-corrected chi connectivity index (χ3v) is 8.32. The monoisotopic (exact) mass is 552 g/mol. The van der Waals surface area contributed by atoms with Gasteiger partial charge in [-0.05, 0) is 75.0 Å². The Morgan fingerprint density at radius 1 is 1.18 bits per heavy atom. The smallest absolute Gasteiger partial charge is 0.338 e. The molecular weight excluding hydrogens is 508 g/mol. The van der Waals surface area contributed by atoms with E-state index >= 15 is 0 Å². The van der Waals surface area contributed by atoms with E-state index in [0.29, 0.717) is 48.3 Å². The SMILES string of the molecule is C=C([C@@H](O)C1=C[C@@H](C)CC12OCCO2)[C@@H](C[C@H]1[C@@H](/C=C(\C)C(=O)OC(C)(C)C)C1(C)C)OC(=O)c1ccccc1. The van der Waals surface area contributed by atoms with Gasteiger partial charge in [-0.2, -0.15) is 0 Å². The molecule has 7 heteroatoms. The molecule has 7 nitrogen and oxygen atoms in total. The summed E-state index contributed by atoms with van der Waals surface area (Å²) in [6.45, 7) is 18.8. The average Bonchev–Trinajstić information content (AvgIpc) is 3.23. The third kappa shape index (κ3) is 6.42. The molecule has 4 rings (SSSR count). The molecule has 0 unspecified atom stereocenters. The Bertz CT molecular complexity index is 1180. The molecule has 1 spiro atoms. The minimum absolute atomic E-state index is 0.0708. The van der Waals surface area contributed by atoms with Crippen molar-refractivity contribution in [2.75, 3.05) is 13.2 Å². The summed E-state index contributed by atoms with van der Waals surface area (Å²) in [5.74, 6) is -1.47. The Morgan fingerprint density at radius 3 is 2.40 bits per heavy atom. The molecule has 1 aliphatic heterocycles. The lowest BCUT2D eigenvalue weighted by atomic mass is 9.91. The van der Waals surface area contributed by atoms with Crippen LogP contribution in [0.2, 0.25) is 0 Å². The largest absolute Gasteiger partial charge is 0.457 e. The number of carbonyl (C=O) groups excluding carboxylic acids is 2. The molecule has 0 amide bonds. The number of allylic oxidation sites excluding steroid dienone is 2. The highest BCUT2D eigenvalue weighted by Crippen LogP contribution is 2.62. The van der Waals surface area contributed by atoms with E-state index in [1.54, 1.807) is 31.2 Å². The molecule has 1 saturated heterocycles. The Balaban J connectivity index is 1.57. The molecule has 1 heterocycles. The molecule has 1 saturated carbocycles. The van der Waals surface area contributed by atoms with Crippen molar-refractivity contribution in [2.24, 2.45) is 23.2 Å². The number of aliphatic hydroxyl groups excluding tert-OH is 1. The van der Waals surface area contributed by atoms with Crippen LogP contribution in [0.5, 0.6) is 0 Å². The van der Waals surface area contributed by atoms with Crippen LogP contribution in [0, 0.1) is 23.2 Å². The summed E-state index contributed by atoms with van der Waals surface area (Å²) in [4.78, 5) is 25.8. The highest BCUT2D eigenvalue weighted by atomic mass is 16.7. The Kier molecular flexibility index (Phi) is 8.51. The van der Waals surface area contributed by atoms with Crippen molar-refractivity contribution in [1.82, 2.24) is 0 Å². The van der Waals surface area contributed by atoms with E-state index < -0.39 is 29.6 Å². The summed E-state index contributed by atoms with van der Waals surface area (Å²) in [5, 5.41) is 11.6. The molecule has 0 aromatic heterocycles. The van der Waals surface area contributed by atoms with Crippen LogP contribution in [0.4, 0.5) is 0 Å². The number of hydrogen-bond acceptors (Lipinski definition) is 7. The number of hydrogen-bond donors (Lipinski definition) is 1. The minimum Gasteiger partial charge on any atom is -0.457 e. The molecule has 1 aromatic carbocycles. The van der Waals surface area contributed by atoms with E-state index in [-0.39, 0.29) is 29.1 Å². The quantitative estimate of drug-likeness (QED) is 0.236. The maximum Gasteiger partial charge on any atom is 0.338 e. The molecule has 0 bridgehead atoms. The highest BCUT2D eigenvalue weighted by Gasteiger charge is 2.58. The summed E-state index contributed by atoms with van der Waals surface area (Å²) in [7, 11) is 0. The molecular formula is C33H44O7. The molecule has 0 radical (unpaired) electrons. The van der Waals surface area contributed by atoms with Crippen LogP contribution >= 0.6 is 0 Å². The van der Waals surface area contributed by atoms with Gasteiger partial charge in [0.1, 0.15) is 17.8 Å². The van der Waals surface area contributed by atoms with E-state index in [2.05, 4.69) is 27.4 Å². The average molecular weight is 553 g/mol. The number of benzene rings is 1. The maximum atomic E-state index is 13.2. The fourth-order valence-corrected chi connectivity index (χ4v) is 5.99. The van der Waals surface area contributed by atoms with Crippen molar-refractivity contribution in [2.45, 2.75) is 84.9 Å². The standard InChI is InChI=1S/C33H44O7/c1-20-16-26(33(19-20)37-14-15-38-33)28(34)22(3)27(39-30(36)23-12-10-9-11-13-23)18-25-24(32(25,7)8)17-21(2)29(35)40-31(4,5)6/h9-13,16-17,20,24-25,27-28,34H,3,14-15,18-19H2,1-2,4-8H3/b21-17+/t20-,24-,25+,27-,28-/m1/s1. The number of esters is 2. The first-order valence-electron chi connectivity index (χ1n) is 14.2. The molecule has 2 aliphatic carbocycles. The van der Waals surface area contributed by atoms with Crippen molar-refractivity contribution in [3.05, 3.63) is 71.3 Å². The first-order valence-corrected chi connectivity index (χ1v) is 14.2. The second kappa shape index (κ2) is 11.3. The van der Waals surface area contributed by atoms with Gasteiger partial charge in [-0.15, -0.1) is 0 Å². The molecule has 5 atom stereocenters. The van der Waals surface area contributed by atoms with Crippen LogP contribution in [0.15, 0.2) is 65.8 Å². The summed E-state index contributed by atoms with van der Waals surface area (Å²) >= 11 is 0. The lowest BCUT2D eigenvalue weighted by Crippen LogP contribution is -2.38. The van der Waals surface area contributed by atoms with Crippen LogP contribution in [0.1, 0.15) is 71.7 Å². The maximum absolute atomic E-state index is 13.2. The first-order chi connectivity index (χ1) is 18.6. The Labute approximate surface area is 238 Å². The summed E-state index contributed by atoms with van der Waals surface area (Å²) < 4.78 is 23.5. The number of rotatable bonds is 9. The number of carbonyl (C=O) groups is 2. The van der Waals surface area contributed by atoms with Crippen molar-refractivity contribution < 1.29 is 33.6 Å². The van der Waals surface area contributed by atoms with Gasteiger partial charge in [0.2, 0.25) is 0 Å². The van der Waals surface area contributed by atoms with Crippen molar-refractivity contribution in [3.63, 3.8) is 0 Å². The van der Waals surface area contributed by atoms with E-state index in [9.17, 15) is 14.7 Å². The topological polar surface area (TPSA) is 91.3 Å². The Hall–Kier alpha value is -2.74. The van der Waals surface area contributed by atoms with E-state index in [1.165, 1.54) is 0 Å². The van der Waals surface area contributed by atoms with Gasteiger partial charge in [-0.1, -0.05) is 57.7 Å². The molecule has 2 fully saturated rings. The number of aliphatic hydroxyl groups is 1. The van der Waals surface area contributed by atoms with Crippen LogP contribution in [0.3, 0.4) is 0 Å². The predicted molar refractivity (Wildman–Crippen MR) is 152 cm³/mol. The van der Waals surface area contributed by atoms with Gasteiger partial charge in [0.15, 0.2) is 5.79 Å². The third-order valence-electron chi connectivity index (χ3n) is 8.32. The van der Waals surface area contributed by atoms with E-state index in [1.807, 2.05) is 39.0 Å². The van der Waals surface area contributed by atoms with Gasteiger partial charge in [-0.3, -0.25) is 0 Å². The molecule has 40 heavy (non-hydrogen) atoms. The summed E-state index contributed by atoms with van der Waals surface area (Å²) in [6.07, 6.45) is 3.15. The van der Waals surface area contributed by atoms with Crippen LogP contribution < -0.4 is 0 Å². The van der Waals surface area contributed by atoms with Gasteiger partial charge >= 0.3 is 11.9 Å². The van der Waals surface area contributed by atoms with E-state index in [4.69, 9.17) is 18.9 Å². The Morgan fingerprint density at radius 2 is 1.80 bits per heavy atom. The van der Waals surface area contributed by atoms with Gasteiger partial charge in [-0.25, -0.2) is 9.59 Å². The molecule has 1 aromatic rings. The summed E-state index contributed by atoms with van der Waals surface area (Å²) in [5.41, 5.74) is 1.26. The van der Waals surface area contributed by atoms with Gasteiger partial charge in [0.05, 0.1) is 18.8 Å². The zero-order chi connectivity index (χ0) is 29.5. The molecule has 1 N–H and O–H groups in total. The highest BCUT2D eigenvalue weighted by molar-refractivity contribution is 5.89. The zero-order valence-corrected chi connectivity index (χ0v) is 24.9. The van der Waals surface area contributed by atoms with Crippen molar-refractivity contribution in [3.8, 4) is 0 Å². The predicted octanol–water partition coefficient (Wildman–Crippen LogP) is 5.79. The van der Waals surface area contributed by atoms with Crippen molar-refractivity contribution >= 4 is 11.9 Å². The first kappa shape index (κ1) is 30.2. The molecule has 3 aliphatic rings. The van der Waals surface area contributed by atoms with E-state index in [0.717, 1.165) is 0 Å². The molecule has 218 valence electrons. The van der Waals surface area contributed by atoms with Crippen LogP contribution in [-0.2, 0) is 23.7 Å². The van der Waals surface area contributed by atoms with Crippen LogP contribution in [-0.4, -0.2) is 53.9 Å². The fraction of sp³-hybridized carbons (Fsp3) is 0.576. The van der Waals surface area contributed by atoms with Crippen molar-refractivity contribution in [1.29, 1.82) is 0 Å². The second-order valence-electron chi connectivity index (χ2n) is 13.0. The second-order valence-corrected chi connectivity index (χ2v) is 13.0. The minimum atomic E-state index is -1.10. The van der Waals surface area contributed by atoms with Gasteiger partial charge in [0.25, 0.3) is 0 Å².